The Morgan fingerprint density at radius 3 is 2.64 bits per heavy atom. The van der Waals surface area contributed by atoms with Crippen LogP contribution < -0.4 is 0 Å². The minimum Gasteiger partial charge on any atom is -0.273 e. The molecule has 1 fully saturated rings. The molecule has 0 N–H and O–H groups in total. The van der Waals surface area contributed by atoms with Gasteiger partial charge in [0.05, 0.1) is 12.9 Å². The lowest BCUT2D eigenvalue weighted by Gasteiger charge is -2.30. The van der Waals surface area contributed by atoms with Crippen molar-refractivity contribution < 1.29 is 12.6 Å². The molecule has 3 unspecified atom stereocenters. The summed E-state index contributed by atoms with van der Waals surface area (Å²) in [7, 11) is -2.08. The molecule has 0 heterocycles. The molecule has 0 aromatic rings. The first kappa shape index (κ1) is 10.2. The van der Waals surface area contributed by atoms with Gasteiger partial charge >= 0.3 is 0 Å². The van der Waals surface area contributed by atoms with E-state index in [0.29, 0.717) is 11.8 Å². The van der Waals surface area contributed by atoms with Gasteiger partial charge in [-0.05, 0) is 30.1 Å². The van der Waals surface area contributed by atoms with Crippen LogP contribution in [0.4, 0.5) is 0 Å². The van der Waals surface area contributed by atoms with Crippen molar-refractivity contribution >= 4 is 10.1 Å². The van der Waals surface area contributed by atoms with Gasteiger partial charge in [-0.2, -0.15) is 8.42 Å². The van der Waals surface area contributed by atoms with Crippen molar-refractivity contribution in [3.8, 4) is 0 Å². The largest absolute Gasteiger partial charge is 0.273 e. The monoisotopic (exact) mass is 216 g/mol. The molecule has 0 aliphatic heterocycles. The Balaban J connectivity index is 2.16. The first-order chi connectivity index (χ1) is 6.45. The van der Waals surface area contributed by atoms with Crippen molar-refractivity contribution in [1.29, 1.82) is 0 Å². The van der Waals surface area contributed by atoms with E-state index in [9.17, 15) is 8.42 Å². The number of allylic oxidation sites excluding steroid dienone is 2. The molecule has 2 aliphatic rings. The third-order valence-electron chi connectivity index (χ3n) is 3.56. The second-order valence-electron chi connectivity index (χ2n) is 4.71. The molecule has 0 saturated heterocycles. The number of hydrogen-bond acceptors (Lipinski definition) is 3. The van der Waals surface area contributed by atoms with Gasteiger partial charge < -0.3 is 0 Å². The van der Waals surface area contributed by atoms with E-state index < -0.39 is 10.1 Å². The molecular formula is C10H16O3S. The van der Waals surface area contributed by atoms with Crippen molar-refractivity contribution in [1.82, 2.24) is 0 Å². The van der Waals surface area contributed by atoms with E-state index in [0.717, 1.165) is 12.8 Å². The SMILES string of the molecule is COS(=O)(=O)CC1(C)CC2C=CC1C2. The first-order valence-corrected chi connectivity index (χ1v) is 6.49. The van der Waals surface area contributed by atoms with E-state index in [1.807, 2.05) is 0 Å². The number of hydrogen-bond donors (Lipinski definition) is 0. The normalized spacial score (nSPS) is 40.7. The third-order valence-corrected chi connectivity index (χ3v) is 5.08. The summed E-state index contributed by atoms with van der Waals surface area (Å²) in [4.78, 5) is 0. The minimum absolute atomic E-state index is 0.103. The maximum Gasteiger partial charge on any atom is 0.267 e. The van der Waals surface area contributed by atoms with Crippen molar-refractivity contribution in [2.75, 3.05) is 12.9 Å². The Kier molecular flexibility index (Phi) is 2.23. The van der Waals surface area contributed by atoms with Gasteiger partial charge in [0.1, 0.15) is 0 Å². The standard InChI is InChI=1S/C10H16O3S/c1-10(7-14(11,12)13-2)6-8-3-4-9(10)5-8/h3-4,8-9H,5-7H2,1-2H3. The smallest absolute Gasteiger partial charge is 0.267 e. The molecule has 2 bridgehead atoms. The van der Waals surface area contributed by atoms with Gasteiger partial charge in [-0.15, -0.1) is 0 Å². The van der Waals surface area contributed by atoms with Crippen molar-refractivity contribution in [3.63, 3.8) is 0 Å². The van der Waals surface area contributed by atoms with Crippen LogP contribution in [0.25, 0.3) is 0 Å². The van der Waals surface area contributed by atoms with Crippen LogP contribution >= 0.6 is 0 Å². The quantitative estimate of drug-likeness (QED) is 0.531. The van der Waals surface area contributed by atoms with Gasteiger partial charge in [-0.3, -0.25) is 4.18 Å². The van der Waals surface area contributed by atoms with E-state index in [2.05, 4.69) is 23.3 Å². The molecule has 4 heteroatoms. The predicted molar refractivity (Wildman–Crippen MR) is 54.3 cm³/mol. The molecule has 3 nitrogen and oxygen atoms in total. The summed E-state index contributed by atoms with van der Waals surface area (Å²) in [5, 5.41) is 0. The van der Waals surface area contributed by atoms with Crippen molar-refractivity contribution in [3.05, 3.63) is 12.2 Å². The lowest BCUT2D eigenvalue weighted by molar-refractivity contribution is 0.286. The van der Waals surface area contributed by atoms with Crippen LogP contribution in [0.5, 0.6) is 0 Å². The zero-order valence-electron chi connectivity index (χ0n) is 8.56. The van der Waals surface area contributed by atoms with Crippen LogP contribution in [-0.4, -0.2) is 21.3 Å². The highest BCUT2D eigenvalue weighted by atomic mass is 32.2. The van der Waals surface area contributed by atoms with Crippen LogP contribution in [-0.2, 0) is 14.3 Å². The topological polar surface area (TPSA) is 43.4 Å². The minimum atomic E-state index is -3.32. The molecule has 0 aromatic carbocycles. The number of rotatable bonds is 3. The first-order valence-electron chi connectivity index (χ1n) is 4.92. The average molecular weight is 216 g/mol. The van der Waals surface area contributed by atoms with E-state index in [4.69, 9.17) is 0 Å². The lowest BCUT2D eigenvalue weighted by atomic mass is 9.79. The van der Waals surface area contributed by atoms with Crippen LogP contribution in [0.15, 0.2) is 12.2 Å². The molecule has 14 heavy (non-hydrogen) atoms. The summed E-state index contributed by atoms with van der Waals surface area (Å²) in [5.74, 6) is 1.18. The molecule has 3 atom stereocenters. The fraction of sp³-hybridized carbons (Fsp3) is 0.800. The van der Waals surface area contributed by atoms with E-state index >= 15 is 0 Å². The summed E-state index contributed by atoms with van der Waals surface area (Å²) in [5.41, 5.74) is -0.103. The Bertz CT molecular complexity index is 358. The Morgan fingerprint density at radius 2 is 2.21 bits per heavy atom. The van der Waals surface area contributed by atoms with E-state index in [-0.39, 0.29) is 11.2 Å². The molecule has 0 spiro atoms. The summed E-state index contributed by atoms with van der Waals surface area (Å²) in [6, 6.07) is 0. The van der Waals surface area contributed by atoms with Gasteiger partial charge in [-0.25, -0.2) is 0 Å². The molecular weight excluding hydrogens is 200 g/mol. The number of fused-ring (bicyclic) bond motifs is 2. The Morgan fingerprint density at radius 1 is 1.50 bits per heavy atom. The van der Waals surface area contributed by atoms with Crippen LogP contribution in [0.2, 0.25) is 0 Å². The maximum atomic E-state index is 11.4. The predicted octanol–water partition coefficient (Wildman–Crippen LogP) is 1.56. The molecule has 1 saturated carbocycles. The summed E-state index contributed by atoms with van der Waals surface area (Å²) >= 11 is 0. The molecule has 0 amide bonds. The van der Waals surface area contributed by atoms with Gasteiger partial charge in [0.25, 0.3) is 10.1 Å². The molecule has 80 valence electrons. The zero-order valence-corrected chi connectivity index (χ0v) is 9.38. The van der Waals surface area contributed by atoms with Crippen LogP contribution in [0, 0.1) is 17.3 Å². The van der Waals surface area contributed by atoms with Crippen molar-refractivity contribution in [2.24, 2.45) is 17.3 Å². The Labute approximate surface area is 85.3 Å². The lowest BCUT2D eigenvalue weighted by Crippen LogP contribution is -2.31. The highest BCUT2D eigenvalue weighted by molar-refractivity contribution is 7.86. The molecule has 0 aromatic heterocycles. The van der Waals surface area contributed by atoms with Gasteiger partial charge in [0.15, 0.2) is 0 Å². The summed E-state index contributed by atoms with van der Waals surface area (Å²) in [6.45, 7) is 2.05. The highest BCUT2D eigenvalue weighted by Gasteiger charge is 2.47. The van der Waals surface area contributed by atoms with E-state index in [1.54, 1.807) is 0 Å². The van der Waals surface area contributed by atoms with Gasteiger partial charge in [0.2, 0.25) is 0 Å². The molecule has 0 radical (unpaired) electrons. The summed E-state index contributed by atoms with van der Waals surface area (Å²) in [6.07, 6.45) is 6.48. The maximum absolute atomic E-state index is 11.4. The summed E-state index contributed by atoms with van der Waals surface area (Å²) < 4.78 is 27.3. The average Bonchev–Trinajstić information content (AvgIpc) is 2.61. The van der Waals surface area contributed by atoms with Crippen LogP contribution in [0.3, 0.4) is 0 Å². The zero-order chi connectivity index (χ0) is 10.4. The highest BCUT2D eigenvalue weighted by Crippen LogP contribution is 2.52. The van der Waals surface area contributed by atoms with E-state index in [1.165, 1.54) is 7.11 Å². The van der Waals surface area contributed by atoms with Gasteiger partial charge in [0, 0.05) is 0 Å². The fourth-order valence-electron chi connectivity index (χ4n) is 2.82. The fourth-order valence-corrected chi connectivity index (χ4v) is 4.08. The molecule has 2 aliphatic carbocycles. The third kappa shape index (κ3) is 1.61. The Hall–Kier alpha value is -0.350. The van der Waals surface area contributed by atoms with Gasteiger partial charge in [-0.1, -0.05) is 19.1 Å². The molecule has 2 rings (SSSR count). The second kappa shape index (κ2) is 3.07. The second-order valence-corrected chi connectivity index (χ2v) is 6.45. The van der Waals surface area contributed by atoms with Crippen molar-refractivity contribution in [2.45, 2.75) is 19.8 Å². The van der Waals surface area contributed by atoms with Crippen LogP contribution in [0.1, 0.15) is 19.8 Å².